The molecule has 0 saturated heterocycles. The molecule has 2 aromatic rings. The van der Waals surface area contributed by atoms with Gasteiger partial charge >= 0.3 is 0 Å². The molecule has 4 nitrogen and oxygen atoms in total. The van der Waals surface area contributed by atoms with Crippen LogP contribution in [0.15, 0.2) is 10.9 Å². The smallest absolute Gasteiger partial charge is 0.143 e. The molecule has 0 aliphatic heterocycles. The van der Waals surface area contributed by atoms with E-state index in [2.05, 4.69) is 30.9 Å². The Morgan fingerprint density at radius 1 is 1.50 bits per heavy atom. The highest BCUT2D eigenvalue weighted by atomic mass is 79.9. The van der Waals surface area contributed by atoms with Gasteiger partial charge in [0, 0.05) is 0 Å². The lowest BCUT2D eigenvalue weighted by Crippen LogP contribution is -1.91. The van der Waals surface area contributed by atoms with E-state index in [9.17, 15) is 0 Å². The molecule has 0 aliphatic carbocycles. The third-order valence-electron chi connectivity index (χ3n) is 1.81. The molecule has 0 atom stereocenters. The maximum Gasteiger partial charge on any atom is 0.143 e. The number of nitrogen functional groups attached to an aromatic ring is 1. The van der Waals surface area contributed by atoms with E-state index in [1.165, 1.54) is 6.33 Å². The van der Waals surface area contributed by atoms with E-state index in [0.717, 1.165) is 21.2 Å². The first kappa shape index (κ1) is 7.54. The molecule has 0 spiro atoms. The monoisotopic (exact) mass is 226 g/mol. The molecule has 0 amide bonds. The van der Waals surface area contributed by atoms with Gasteiger partial charge in [-0.15, -0.1) is 0 Å². The Kier molecular flexibility index (Phi) is 1.54. The number of hydrogen-bond acceptors (Lipinski definition) is 3. The molecule has 12 heavy (non-hydrogen) atoms. The summed E-state index contributed by atoms with van der Waals surface area (Å²) in [6.07, 6.45) is 1.44. The number of H-pyrrole nitrogens is 1. The largest absolute Gasteiger partial charge is 0.383 e. The number of nitrogens with zero attached hydrogens (tertiary/aromatic N) is 2. The van der Waals surface area contributed by atoms with Crippen molar-refractivity contribution in [3.63, 3.8) is 0 Å². The van der Waals surface area contributed by atoms with Crippen LogP contribution in [0, 0.1) is 6.92 Å². The number of fused-ring (bicyclic) bond motifs is 1. The number of rotatable bonds is 0. The van der Waals surface area contributed by atoms with Crippen LogP contribution in [0.3, 0.4) is 0 Å². The summed E-state index contributed by atoms with van der Waals surface area (Å²) in [7, 11) is 0. The van der Waals surface area contributed by atoms with Crippen LogP contribution in [0.2, 0.25) is 0 Å². The van der Waals surface area contributed by atoms with Crippen molar-refractivity contribution < 1.29 is 0 Å². The molecular weight excluding hydrogens is 220 g/mol. The summed E-state index contributed by atoms with van der Waals surface area (Å²) in [5.41, 5.74) is 7.49. The molecule has 0 saturated carbocycles. The molecule has 0 fully saturated rings. The second-order valence-electron chi connectivity index (χ2n) is 2.55. The van der Waals surface area contributed by atoms with Crippen LogP contribution < -0.4 is 5.73 Å². The average Bonchev–Trinajstić information content (AvgIpc) is 2.29. The summed E-state index contributed by atoms with van der Waals surface area (Å²) in [5.74, 6) is 0.513. The lowest BCUT2D eigenvalue weighted by atomic mass is 10.2. The summed E-state index contributed by atoms with van der Waals surface area (Å²) in [4.78, 5) is 11.0. The summed E-state index contributed by atoms with van der Waals surface area (Å²) in [6.45, 7) is 1.96. The molecule has 0 radical (unpaired) electrons. The van der Waals surface area contributed by atoms with E-state index in [4.69, 9.17) is 5.73 Å². The Morgan fingerprint density at radius 3 is 2.92 bits per heavy atom. The van der Waals surface area contributed by atoms with Crippen molar-refractivity contribution in [3.8, 4) is 0 Å². The second kappa shape index (κ2) is 2.45. The Morgan fingerprint density at radius 2 is 2.25 bits per heavy atom. The summed E-state index contributed by atoms with van der Waals surface area (Å²) < 4.78 is 0.907. The van der Waals surface area contributed by atoms with Gasteiger partial charge in [0.25, 0.3) is 0 Å². The van der Waals surface area contributed by atoms with E-state index >= 15 is 0 Å². The van der Waals surface area contributed by atoms with E-state index in [1.54, 1.807) is 0 Å². The predicted molar refractivity (Wildman–Crippen MR) is 50.7 cm³/mol. The highest BCUT2D eigenvalue weighted by Gasteiger charge is 2.08. The SMILES string of the molecule is Cc1c(Br)[nH]c2ncnc(N)c12. The van der Waals surface area contributed by atoms with Gasteiger partial charge < -0.3 is 10.7 Å². The van der Waals surface area contributed by atoms with Crippen molar-refractivity contribution in [2.24, 2.45) is 0 Å². The quantitative estimate of drug-likeness (QED) is 0.718. The normalized spacial score (nSPS) is 10.8. The summed E-state index contributed by atoms with van der Waals surface area (Å²) in [5, 5.41) is 0.893. The van der Waals surface area contributed by atoms with Crippen LogP contribution >= 0.6 is 15.9 Å². The van der Waals surface area contributed by atoms with Crippen molar-refractivity contribution in [3.05, 3.63) is 16.5 Å². The number of aryl methyl sites for hydroxylation is 1. The molecular formula is C7H7BrN4. The predicted octanol–water partition coefficient (Wildman–Crippen LogP) is 1.61. The number of anilines is 1. The maximum absolute atomic E-state index is 5.68. The Hall–Kier alpha value is -1.10. The Labute approximate surface area is 77.3 Å². The van der Waals surface area contributed by atoms with Crippen molar-refractivity contribution >= 4 is 32.8 Å². The first-order valence-electron chi connectivity index (χ1n) is 3.44. The van der Waals surface area contributed by atoms with Gasteiger partial charge in [0.05, 0.1) is 9.99 Å². The van der Waals surface area contributed by atoms with Crippen molar-refractivity contribution in [2.45, 2.75) is 6.92 Å². The number of nitrogens with two attached hydrogens (primary N) is 1. The topological polar surface area (TPSA) is 67.6 Å². The number of halogens is 1. The van der Waals surface area contributed by atoms with E-state index in [0.29, 0.717) is 5.82 Å². The van der Waals surface area contributed by atoms with Crippen LogP contribution in [-0.2, 0) is 0 Å². The fourth-order valence-electron chi connectivity index (χ4n) is 1.17. The lowest BCUT2D eigenvalue weighted by Gasteiger charge is -1.93. The molecule has 0 aliphatic rings. The highest BCUT2D eigenvalue weighted by molar-refractivity contribution is 9.10. The average molecular weight is 227 g/mol. The van der Waals surface area contributed by atoms with Crippen LogP contribution in [0.25, 0.3) is 11.0 Å². The molecule has 5 heteroatoms. The second-order valence-corrected chi connectivity index (χ2v) is 3.34. The van der Waals surface area contributed by atoms with Gasteiger partial charge in [0.1, 0.15) is 17.8 Å². The van der Waals surface area contributed by atoms with Gasteiger partial charge in [-0.1, -0.05) is 0 Å². The van der Waals surface area contributed by atoms with Gasteiger partial charge in [0.2, 0.25) is 0 Å². The summed E-state index contributed by atoms with van der Waals surface area (Å²) >= 11 is 3.36. The van der Waals surface area contributed by atoms with Crippen LogP contribution in [-0.4, -0.2) is 15.0 Å². The van der Waals surface area contributed by atoms with Crippen molar-refractivity contribution in [1.29, 1.82) is 0 Å². The lowest BCUT2D eigenvalue weighted by molar-refractivity contribution is 1.20. The van der Waals surface area contributed by atoms with Gasteiger partial charge in [0.15, 0.2) is 0 Å². The number of aromatic nitrogens is 3. The van der Waals surface area contributed by atoms with Gasteiger partial charge in [-0.3, -0.25) is 0 Å². The first-order valence-corrected chi connectivity index (χ1v) is 4.23. The highest BCUT2D eigenvalue weighted by Crippen LogP contribution is 2.26. The van der Waals surface area contributed by atoms with E-state index in [-0.39, 0.29) is 0 Å². The van der Waals surface area contributed by atoms with Crippen molar-refractivity contribution in [1.82, 2.24) is 15.0 Å². The number of nitrogens with one attached hydrogen (secondary N) is 1. The van der Waals surface area contributed by atoms with Gasteiger partial charge in [-0.2, -0.15) is 0 Å². The van der Waals surface area contributed by atoms with Crippen LogP contribution in [0.4, 0.5) is 5.82 Å². The zero-order valence-corrected chi connectivity index (χ0v) is 8.01. The number of hydrogen-bond donors (Lipinski definition) is 2. The summed E-state index contributed by atoms with van der Waals surface area (Å²) in [6, 6.07) is 0. The zero-order valence-electron chi connectivity index (χ0n) is 6.43. The first-order chi connectivity index (χ1) is 5.70. The third-order valence-corrected chi connectivity index (χ3v) is 2.60. The van der Waals surface area contributed by atoms with E-state index in [1.807, 2.05) is 6.92 Å². The molecule has 2 aromatic heterocycles. The molecule has 2 heterocycles. The van der Waals surface area contributed by atoms with Crippen LogP contribution in [0.1, 0.15) is 5.56 Å². The van der Waals surface area contributed by atoms with E-state index < -0.39 is 0 Å². The molecule has 62 valence electrons. The van der Waals surface area contributed by atoms with Crippen LogP contribution in [0.5, 0.6) is 0 Å². The molecule has 0 unspecified atom stereocenters. The third kappa shape index (κ3) is 0.896. The minimum absolute atomic E-state index is 0.513. The number of aromatic amines is 1. The zero-order chi connectivity index (χ0) is 8.72. The fraction of sp³-hybridized carbons (Fsp3) is 0.143. The minimum Gasteiger partial charge on any atom is -0.383 e. The molecule has 3 N–H and O–H groups in total. The Bertz CT molecular complexity index is 434. The molecule has 0 bridgehead atoms. The Balaban J connectivity index is 2.97. The standard InChI is InChI=1S/C7H7BrN4/c1-3-4-6(9)10-2-11-7(4)12-5(3)8/h2H,1H3,(H3,9,10,11,12). The van der Waals surface area contributed by atoms with Crippen molar-refractivity contribution in [2.75, 3.05) is 5.73 Å². The molecule has 2 rings (SSSR count). The fourth-order valence-corrected chi connectivity index (χ4v) is 1.56. The van der Waals surface area contributed by atoms with Gasteiger partial charge in [-0.25, -0.2) is 9.97 Å². The molecule has 0 aromatic carbocycles. The maximum atomic E-state index is 5.68. The van der Waals surface area contributed by atoms with Gasteiger partial charge in [-0.05, 0) is 28.4 Å². The minimum atomic E-state index is 0.513.